The zero-order valence-electron chi connectivity index (χ0n) is 19.2. The van der Waals surface area contributed by atoms with Crippen LogP contribution >= 0.6 is 11.6 Å². The molecule has 0 radical (unpaired) electrons. The Labute approximate surface area is 193 Å². The minimum atomic E-state index is 0.557. The average Bonchev–Trinajstić information content (AvgIpc) is 3.34. The van der Waals surface area contributed by atoms with Gasteiger partial charge in [-0.1, -0.05) is 42.6 Å². The molecule has 2 heterocycles. The highest BCUT2D eigenvalue weighted by atomic mass is 35.5. The van der Waals surface area contributed by atoms with E-state index in [1.165, 1.54) is 70.0 Å². The van der Waals surface area contributed by atoms with Gasteiger partial charge in [0.25, 0.3) is 0 Å². The van der Waals surface area contributed by atoms with Crippen LogP contribution in [0.5, 0.6) is 0 Å². The predicted molar refractivity (Wildman–Crippen MR) is 131 cm³/mol. The van der Waals surface area contributed by atoms with E-state index in [4.69, 9.17) is 11.6 Å². The summed E-state index contributed by atoms with van der Waals surface area (Å²) in [5.74, 6) is 1.70. The van der Waals surface area contributed by atoms with Crippen molar-refractivity contribution in [2.24, 2.45) is 10.9 Å². The lowest BCUT2D eigenvalue weighted by molar-refractivity contribution is 0.150. The van der Waals surface area contributed by atoms with Crippen LogP contribution in [0.2, 0.25) is 5.02 Å². The van der Waals surface area contributed by atoms with Gasteiger partial charge in [-0.05, 0) is 69.2 Å². The van der Waals surface area contributed by atoms with Crippen molar-refractivity contribution in [2.45, 2.75) is 70.0 Å². The Morgan fingerprint density at radius 1 is 1.00 bits per heavy atom. The number of hydrogen-bond donors (Lipinski definition) is 2. The van der Waals surface area contributed by atoms with E-state index < -0.39 is 0 Å². The number of guanidine groups is 1. The third-order valence-corrected chi connectivity index (χ3v) is 7.92. The summed E-state index contributed by atoms with van der Waals surface area (Å²) in [6, 6.07) is 9.64. The summed E-state index contributed by atoms with van der Waals surface area (Å²) in [7, 11) is 1.90. The molecule has 0 spiro atoms. The number of nitrogens with one attached hydrogen (secondary N) is 2. The third-order valence-electron chi connectivity index (χ3n) is 7.55. The first-order valence-electron chi connectivity index (χ1n) is 12.4. The molecule has 1 aromatic carbocycles. The van der Waals surface area contributed by atoms with Gasteiger partial charge < -0.3 is 15.5 Å². The van der Waals surface area contributed by atoms with Gasteiger partial charge in [0.15, 0.2) is 5.96 Å². The van der Waals surface area contributed by atoms with Crippen LogP contribution in [0.25, 0.3) is 0 Å². The summed E-state index contributed by atoms with van der Waals surface area (Å²) in [6.07, 6.45) is 10.6. The molecule has 0 atom stereocenters. The van der Waals surface area contributed by atoms with Crippen LogP contribution in [0, 0.1) is 5.92 Å². The highest BCUT2D eigenvalue weighted by Crippen LogP contribution is 2.26. The molecular formula is C25H40ClN5. The summed E-state index contributed by atoms with van der Waals surface area (Å²) in [4.78, 5) is 9.76. The van der Waals surface area contributed by atoms with Gasteiger partial charge in [-0.3, -0.25) is 9.89 Å². The SMILES string of the molecule is CN=C(NCC1CCN(Cc2ccccc2Cl)CC1)NC1CCN(C2CCCC2)CC1. The fraction of sp³-hybridized carbons (Fsp3) is 0.720. The monoisotopic (exact) mass is 445 g/mol. The first kappa shape index (κ1) is 22.9. The summed E-state index contributed by atoms with van der Waals surface area (Å²) >= 11 is 6.33. The Balaban J connectivity index is 1.13. The Bertz CT molecular complexity index is 702. The molecule has 31 heavy (non-hydrogen) atoms. The van der Waals surface area contributed by atoms with Crippen molar-refractivity contribution in [2.75, 3.05) is 39.8 Å². The molecule has 1 saturated carbocycles. The molecule has 5 nitrogen and oxygen atoms in total. The van der Waals surface area contributed by atoms with Crippen molar-refractivity contribution < 1.29 is 0 Å². The van der Waals surface area contributed by atoms with Crippen LogP contribution in [0.1, 0.15) is 56.9 Å². The van der Waals surface area contributed by atoms with Crippen LogP contribution in [0.3, 0.4) is 0 Å². The molecule has 0 aromatic heterocycles. The second-order valence-corrected chi connectivity index (χ2v) is 10.1. The summed E-state index contributed by atoms with van der Waals surface area (Å²) in [5, 5.41) is 8.19. The lowest BCUT2D eigenvalue weighted by Crippen LogP contribution is -2.51. The number of hydrogen-bond acceptors (Lipinski definition) is 3. The van der Waals surface area contributed by atoms with Gasteiger partial charge in [-0.2, -0.15) is 0 Å². The molecule has 3 aliphatic rings. The average molecular weight is 446 g/mol. The van der Waals surface area contributed by atoms with Crippen LogP contribution in [-0.2, 0) is 6.54 Å². The second kappa shape index (κ2) is 11.5. The van der Waals surface area contributed by atoms with E-state index in [9.17, 15) is 0 Å². The smallest absolute Gasteiger partial charge is 0.191 e. The van der Waals surface area contributed by atoms with Crippen molar-refractivity contribution in [1.29, 1.82) is 0 Å². The molecule has 3 fully saturated rings. The van der Waals surface area contributed by atoms with Crippen LogP contribution < -0.4 is 10.6 Å². The van der Waals surface area contributed by atoms with Gasteiger partial charge in [0.1, 0.15) is 0 Å². The standard InChI is InChI=1S/C25H40ClN5/c1-27-25(29-22-12-16-31(17-13-22)23-7-3-4-8-23)28-18-20-10-14-30(15-11-20)19-21-6-2-5-9-24(21)26/h2,5-6,9,20,22-23H,3-4,7-8,10-19H2,1H3,(H2,27,28,29). The number of rotatable bonds is 6. The van der Waals surface area contributed by atoms with Gasteiger partial charge in [-0.25, -0.2) is 0 Å². The molecule has 2 N–H and O–H groups in total. The van der Waals surface area contributed by atoms with E-state index >= 15 is 0 Å². The molecule has 2 saturated heterocycles. The molecule has 0 bridgehead atoms. The molecular weight excluding hydrogens is 406 g/mol. The number of nitrogens with zero attached hydrogens (tertiary/aromatic N) is 3. The van der Waals surface area contributed by atoms with E-state index in [0.29, 0.717) is 12.0 Å². The topological polar surface area (TPSA) is 42.9 Å². The maximum Gasteiger partial charge on any atom is 0.191 e. The zero-order chi connectivity index (χ0) is 21.5. The molecule has 172 valence electrons. The molecule has 2 aliphatic heterocycles. The summed E-state index contributed by atoms with van der Waals surface area (Å²) < 4.78 is 0. The first-order valence-corrected chi connectivity index (χ1v) is 12.8. The molecule has 1 aromatic rings. The fourth-order valence-corrected chi connectivity index (χ4v) is 5.72. The van der Waals surface area contributed by atoms with Gasteiger partial charge in [0.2, 0.25) is 0 Å². The van der Waals surface area contributed by atoms with Crippen LogP contribution in [0.15, 0.2) is 29.3 Å². The molecule has 0 unspecified atom stereocenters. The highest BCUT2D eigenvalue weighted by molar-refractivity contribution is 6.31. The third kappa shape index (κ3) is 6.59. The molecule has 0 amide bonds. The lowest BCUT2D eigenvalue weighted by Gasteiger charge is -2.37. The van der Waals surface area contributed by atoms with Gasteiger partial charge >= 0.3 is 0 Å². The van der Waals surface area contributed by atoms with Gasteiger partial charge in [0, 0.05) is 50.3 Å². The number of benzene rings is 1. The summed E-state index contributed by atoms with van der Waals surface area (Å²) in [6.45, 7) is 6.74. The van der Waals surface area contributed by atoms with Crippen molar-refractivity contribution in [1.82, 2.24) is 20.4 Å². The molecule has 6 heteroatoms. The number of halogens is 1. The Hall–Kier alpha value is -1.30. The Kier molecular flexibility index (Phi) is 8.51. The number of likely N-dealkylation sites (tertiary alicyclic amines) is 2. The van der Waals surface area contributed by atoms with E-state index in [1.54, 1.807) is 0 Å². The Morgan fingerprint density at radius 2 is 1.71 bits per heavy atom. The zero-order valence-corrected chi connectivity index (χ0v) is 19.9. The van der Waals surface area contributed by atoms with Crippen LogP contribution in [0.4, 0.5) is 0 Å². The van der Waals surface area contributed by atoms with Crippen LogP contribution in [-0.4, -0.2) is 67.6 Å². The maximum absolute atomic E-state index is 6.33. The van der Waals surface area contributed by atoms with Gasteiger partial charge in [-0.15, -0.1) is 0 Å². The van der Waals surface area contributed by atoms with E-state index in [-0.39, 0.29) is 0 Å². The maximum atomic E-state index is 6.33. The minimum Gasteiger partial charge on any atom is -0.356 e. The lowest BCUT2D eigenvalue weighted by atomic mass is 9.96. The van der Waals surface area contributed by atoms with E-state index in [1.807, 2.05) is 19.2 Å². The van der Waals surface area contributed by atoms with Crippen molar-refractivity contribution >= 4 is 17.6 Å². The van der Waals surface area contributed by atoms with Crippen molar-refractivity contribution in [3.05, 3.63) is 34.9 Å². The molecule has 4 rings (SSSR count). The predicted octanol–water partition coefficient (Wildman–Crippen LogP) is 4.12. The number of piperidine rings is 2. The van der Waals surface area contributed by atoms with Crippen molar-refractivity contribution in [3.8, 4) is 0 Å². The van der Waals surface area contributed by atoms with E-state index in [0.717, 1.165) is 43.2 Å². The number of aliphatic imine (C=N–C) groups is 1. The quantitative estimate of drug-likeness (QED) is 0.510. The largest absolute Gasteiger partial charge is 0.356 e. The normalized spacial score (nSPS) is 23.4. The first-order chi connectivity index (χ1) is 15.2. The second-order valence-electron chi connectivity index (χ2n) is 9.66. The highest BCUT2D eigenvalue weighted by Gasteiger charge is 2.27. The minimum absolute atomic E-state index is 0.557. The Morgan fingerprint density at radius 3 is 2.39 bits per heavy atom. The fourth-order valence-electron chi connectivity index (χ4n) is 5.52. The van der Waals surface area contributed by atoms with Gasteiger partial charge in [0.05, 0.1) is 0 Å². The summed E-state index contributed by atoms with van der Waals surface area (Å²) in [5.41, 5.74) is 1.24. The van der Waals surface area contributed by atoms with Crippen molar-refractivity contribution in [3.63, 3.8) is 0 Å². The molecule has 1 aliphatic carbocycles. The van der Waals surface area contributed by atoms with E-state index in [2.05, 4.69) is 37.6 Å².